The molecule has 11 heteroatoms. The summed E-state index contributed by atoms with van der Waals surface area (Å²) in [6.45, 7) is 4.33. The maximum Gasteiger partial charge on any atom is 0.243 e. The van der Waals surface area contributed by atoms with Crippen LogP contribution in [0.4, 0.5) is 5.69 Å². The number of sulfonamides is 1. The number of amides is 2. The second kappa shape index (κ2) is 14.7. The minimum atomic E-state index is -3.65. The van der Waals surface area contributed by atoms with Crippen LogP contribution < -0.4 is 19.1 Å². The Kier molecular flexibility index (Phi) is 11.1. The normalized spacial score (nSPS) is 13.7. The number of carbonyl (C=O) groups excluding carboxylic acids is 2. The van der Waals surface area contributed by atoms with Gasteiger partial charge in [0, 0.05) is 42.5 Å². The maximum atomic E-state index is 14.0. The van der Waals surface area contributed by atoms with E-state index in [1.807, 2.05) is 68.4 Å². The van der Waals surface area contributed by atoms with E-state index in [1.54, 1.807) is 23.1 Å². The highest BCUT2D eigenvalue weighted by Gasteiger charge is 2.31. The number of anilines is 1. The topological polar surface area (TPSA) is 105 Å². The first-order valence-electron chi connectivity index (χ1n) is 14.3. The first-order valence-corrected chi connectivity index (χ1v) is 16.9. The molecule has 1 N–H and O–H groups in total. The van der Waals surface area contributed by atoms with Gasteiger partial charge >= 0.3 is 0 Å². The van der Waals surface area contributed by atoms with E-state index in [2.05, 4.69) is 21.2 Å². The molecule has 0 bridgehead atoms. The number of carbonyl (C=O) groups is 2. The van der Waals surface area contributed by atoms with Crippen molar-refractivity contribution in [2.45, 2.75) is 58.2 Å². The summed E-state index contributed by atoms with van der Waals surface area (Å²) in [7, 11) is -3.65. The molecule has 0 aliphatic carbocycles. The number of rotatable bonds is 14. The second-order valence-electron chi connectivity index (χ2n) is 10.6. The number of fused-ring (bicyclic) bond motifs is 1. The molecule has 9 nitrogen and oxygen atoms in total. The molecule has 230 valence electrons. The Morgan fingerprint density at radius 2 is 1.67 bits per heavy atom. The summed E-state index contributed by atoms with van der Waals surface area (Å²) < 4.78 is 38.4. The molecule has 1 aliphatic rings. The quantitative estimate of drug-likeness (QED) is 0.250. The zero-order valence-corrected chi connectivity index (χ0v) is 27.1. The molecule has 3 aromatic rings. The fourth-order valence-electron chi connectivity index (χ4n) is 4.83. The highest BCUT2D eigenvalue weighted by molar-refractivity contribution is 9.10. The third kappa shape index (κ3) is 8.96. The molecule has 0 aromatic heterocycles. The van der Waals surface area contributed by atoms with Crippen LogP contribution in [0.25, 0.3) is 0 Å². The molecule has 2 amide bonds. The van der Waals surface area contributed by atoms with E-state index in [-0.39, 0.29) is 50.6 Å². The summed E-state index contributed by atoms with van der Waals surface area (Å²) >= 11 is 3.46. The summed E-state index contributed by atoms with van der Waals surface area (Å²) in [5, 5.41) is 3.07. The third-order valence-electron chi connectivity index (χ3n) is 7.33. The van der Waals surface area contributed by atoms with Crippen LogP contribution in [0, 0.1) is 0 Å². The van der Waals surface area contributed by atoms with Crippen LogP contribution in [0.5, 0.6) is 11.5 Å². The van der Waals surface area contributed by atoms with Crippen molar-refractivity contribution in [3.8, 4) is 11.5 Å². The smallest absolute Gasteiger partial charge is 0.243 e. The monoisotopic (exact) mass is 671 g/mol. The molecule has 4 rings (SSSR count). The van der Waals surface area contributed by atoms with Gasteiger partial charge in [-0.25, -0.2) is 8.42 Å². The first kappa shape index (κ1) is 32.3. The summed E-state index contributed by atoms with van der Waals surface area (Å²) in [5.74, 6) is 0.569. The van der Waals surface area contributed by atoms with Crippen LogP contribution in [-0.2, 0) is 32.6 Å². The van der Waals surface area contributed by atoms with E-state index in [0.29, 0.717) is 23.6 Å². The summed E-state index contributed by atoms with van der Waals surface area (Å²) in [4.78, 5) is 29.3. The fourth-order valence-corrected chi connectivity index (χ4v) is 6.05. The van der Waals surface area contributed by atoms with Crippen molar-refractivity contribution in [2.24, 2.45) is 0 Å². The van der Waals surface area contributed by atoms with Crippen LogP contribution in [0.3, 0.4) is 0 Å². The van der Waals surface area contributed by atoms with Gasteiger partial charge in [-0.1, -0.05) is 65.3 Å². The molecule has 3 aromatic carbocycles. The van der Waals surface area contributed by atoms with Crippen LogP contribution in [-0.4, -0.2) is 56.8 Å². The van der Waals surface area contributed by atoms with Crippen molar-refractivity contribution in [2.75, 3.05) is 23.9 Å². The van der Waals surface area contributed by atoms with E-state index in [0.717, 1.165) is 28.3 Å². The number of hydrogen-bond acceptors (Lipinski definition) is 6. The van der Waals surface area contributed by atoms with E-state index in [1.165, 1.54) is 4.31 Å². The molecule has 1 aliphatic heterocycles. The van der Waals surface area contributed by atoms with Crippen LogP contribution in [0.2, 0.25) is 0 Å². The van der Waals surface area contributed by atoms with Gasteiger partial charge < -0.3 is 19.7 Å². The van der Waals surface area contributed by atoms with E-state index in [9.17, 15) is 18.0 Å². The van der Waals surface area contributed by atoms with Crippen LogP contribution in [0.1, 0.15) is 44.2 Å². The zero-order valence-electron chi connectivity index (χ0n) is 24.7. The van der Waals surface area contributed by atoms with Crippen molar-refractivity contribution >= 4 is 43.5 Å². The Morgan fingerprint density at radius 1 is 0.977 bits per heavy atom. The Labute approximate surface area is 262 Å². The fraction of sp³-hybridized carbons (Fsp3) is 0.375. The number of benzene rings is 3. The molecule has 0 fully saturated rings. The van der Waals surface area contributed by atoms with Gasteiger partial charge in [-0.2, -0.15) is 0 Å². The molecule has 0 unspecified atom stereocenters. The van der Waals surface area contributed by atoms with E-state index in [4.69, 9.17) is 9.47 Å². The molecular formula is C32H38BrN3O6S. The van der Waals surface area contributed by atoms with E-state index < -0.39 is 16.1 Å². The maximum absolute atomic E-state index is 14.0. The Balaban J connectivity index is 1.58. The number of halogens is 1. The van der Waals surface area contributed by atoms with Crippen molar-refractivity contribution in [3.05, 3.63) is 88.4 Å². The van der Waals surface area contributed by atoms with Gasteiger partial charge in [-0.3, -0.25) is 13.9 Å². The van der Waals surface area contributed by atoms with Gasteiger partial charge in [0.2, 0.25) is 28.6 Å². The highest BCUT2D eigenvalue weighted by atomic mass is 79.9. The van der Waals surface area contributed by atoms with Gasteiger partial charge in [0.15, 0.2) is 11.5 Å². The Morgan fingerprint density at radius 3 is 2.35 bits per heavy atom. The number of ether oxygens (including phenoxy) is 2. The Bertz CT molecular complexity index is 1500. The number of nitrogens with one attached hydrogen (secondary N) is 1. The molecular weight excluding hydrogens is 634 g/mol. The second-order valence-corrected chi connectivity index (χ2v) is 13.5. The van der Waals surface area contributed by atoms with Crippen molar-refractivity contribution in [3.63, 3.8) is 0 Å². The summed E-state index contributed by atoms with van der Waals surface area (Å²) in [6.07, 6.45) is 2.54. The standard InChI is InChI=1S/C32H38BrN3O6S/c1-4-23(2)34-32(38)28(19-24-9-6-5-7-10-24)35(21-25-12-14-26(33)15-13-25)31(37)11-8-18-36(43(3,39)40)27-16-17-29-30(20-27)42-22-41-29/h5-7,9-10,12-17,20,23,28H,4,8,11,18-19,21-22H2,1-3H3,(H,34,38)/t23-,28+/m1/s1. The third-order valence-corrected chi connectivity index (χ3v) is 9.06. The predicted molar refractivity (Wildman–Crippen MR) is 171 cm³/mol. The first-order chi connectivity index (χ1) is 20.5. The van der Waals surface area contributed by atoms with Crippen LogP contribution in [0.15, 0.2) is 77.3 Å². The van der Waals surface area contributed by atoms with Crippen LogP contribution >= 0.6 is 15.9 Å². The lowest BCUT2D eigenvalue weighted by atomic mass is 10.0. The van der Waals surface area contributed by atoms with Crippen molar-refractivity contribution in [1.82, 2.24) is 10.2 Å². The molecule has 0 saturated carbocycles. The number of nitrogens with zero attached hydrogens (tertiary/aromatic N) is 2. The lowest BCUT2D eigenvalue weighted by Crippen LogP contribution is -2.52. The minimum Gasteiger partial charge on any atom is -0.454 e. The SMILES string of the molecule is CC[C@@H](C)NC(=O)[C@H](Cc1ccccc1)N(Cc1ccc(Br)cc1)C(=O)CCCN(c1ccc2c(c1)OCO2)S(C)(=O)=O. The summed E-state index contributed by atoms with van der Waals surface area (Å²) in [5.41, 5.74) is 2.25. The van der Waals surface area contributed by atoms with Gasteiger partial charge in [0.1, 0.15) is 6.04 Å². The van der Waals surface area contributed by atoms with Gasteiger partial charge in [-0.05, 0) is 55.2 Å². The lowest BCUT2D eigenvalue weighted by molar-refractivity contribution is -0.141. The summed E-state index contributed by atoms with van der Waals surface area (Å²) in [6, 6.07) is 21.4. The largest absolute Gasteiger partial charge is 0.454 e. The molecule has 0 radical (unpaired) electrons. The average Bonchev–Trinajstić information content (AvgIpc) is 3.46. The predicted octanol–water partition coefficient (Wildman–Crippen LogP) is 5.28. The van der Waals surface area contributed by atoms with Crippen molar-refractivity contribution in [1.29, 1.82) is 0 Å². The van der Waals surface area contributed by atoms with Gasteiger partial charge in [0.25, 0.3) is 0 Å². The molecule has 2 atom stereocenters. The average molecular weight is 673 g/mol. The highest BCUT2D eigenvalue weighted by Crippen LogP contribution is 2.36. The molecule has 0 saturated heterocycles. The molecule has 1 heterocycles. The zero-order chi connectivity index (χ0) is 31.0. The van der Waals surface area contributed by atoms with Gasteiger partial charge in [0.05, 0.1) is 11.9 Å². The van der Waals surface area contributed by atoms with E-state index >= 15 is 0 Å². The lowest BCUT2D eigenvalue weighted by Gasteiger charge is -2.32. The molecule has 0 spiro atoms. The van der Waals surface area contributed by atoms with Crippen molar-refractivity contribution < 1.29 is 27.5 Å². The Hall–Kier alpha value is -3.57. The van der Waals surface area contributed by atoms with Gasteiger partial charge in [-0.15, -0.1) is 0 Å². The molecule has 43 heavy (non-hydrogen) atoms. The minimum absolute atomic E-state index is 0.0506. The number of hydrogen-bond donors (Lipinski definition) is 1.